The van der Waals surface area contributed by atoms with Crippen LogP contribution >= 0.6 is 0 Å². The lowest BCUT2D eigenvalue weighted by molar-refractivity contribution is 0.0418. The molecule has 26 heavy (non-hydrogen) atoms. The topological polar surface area (TPSA) is 60.7 Å². The fraction of sp³-hybridized carbons (Fsp3) is 0.652. The van der Waals surface area contributed by atoms with E-state index in [4.69, 9.17) is 0 Å². The first kappa shape index (κ1) is 22.9. The summed E-state index contributed by atoms with van der Waals surface area (Å²) in [5.41, 5.74) is 2.47. The molecular weight excluding hydrogens is 324 g/mol. The molecule has 0 spiro atoms. The number of hydrogen-bond acceptors (Lipinski definition) is 3. The van der Waals surface area contributed by atoms with Gasteiger partial charge in [0.1, 0.15) is 0 Å². The first-order valence-corrected chi connectivity index (χ1v) is 10.4. The zero-order valence-electron chi connectivity index (χ0n) is 16.6. The van der Waals surface area contributed by atoms with Crippen molar-refractivity contribution in [1.82, 2.24) is 0 Å². The molecule has 0 aromatic rings. The Labute approximate surface area is 159 Å². The van der Waals surface area contributed by atoms with Crippen LogP contribution in [0.25, 0.3) is 0 Å². The van der Waals surface area contributed by atoms with Gasteiger partial charge in [0.15, 0.2) is 0 Å². The van der Waals surface area contributed by atoms with Crippen molar-refractivity contribution in [2.24, 2.45) is 0 Å². The molecule has 3 N–H and O–H groups in total. The molecule has 0 heterocycles. The monoisotopic (exact) mass is 362 g/mol. The Morgan fingerprint density at radius 1 is 0.962 bits per heavy atom. The maximum Gasteiger partial charge on any atom is 0.0982 e. The normalized spacial score (nSPS) is 20.7. The predicted octanol–water partition coefficient (Wildman–Crippen LogP) is 4.99. The highest BCUT2D eigenvalue weighted by Crippen LogP contribution is 2.23. The molecule has 0 unspecified atom stereocenters. The highest BCUT2D eigenvalue weighted by atomic mass is 16.3. The molecule has 1 rings (SSSR count). The zero-order chi connectivity index (χ0) is 19.2. The summed E-state index contributed by atoms with van der Waals surface area (Å²) in [7, 11) is 0. The highest BCUT2D eigenvalue weighted by Gasteiger charge is 2.11. The zero-order valence-corrected chi connectivity index (χ0v) is 16.6. The predicted molar refractivity (Wildman–Crippen MR) is 110 cm³/mol. The molecule has 0 aromatic heterocycles. The lowest BCUT2D eigenvalue weighted by Crippen LogP contribution is -2.23. The van der Waals surface area contributed by atoms with E-state index in [0.717, 1.165) is 44.9 Å². The Morgan fingerprint density at radius 3 is 2.46 bits per heavy atom. The SMILES string of the molecule is CCCCC[C@@H](O)/C=C/C1=CC(=C\C=C\[C@@H](O)[C@@H](O)CCCC)/CCC1. The van der Waals surface area contributed by atoms with Crippen LogP contribution in [0, 0.1) is 0 Å². The quantitative estimate of drug-likeness (QED) is 0.429. The Kier molecular flexibility index (Phi) is 12.3. The van der Waals surface area contributed by atoms with Crippen molar-refractivity contribution < 1.29 is 15.3 Å². The molecule has 3 nitrogen and oxygen atoms in total. The van der Waals surface area contributed by atoms with Crippen LogP contribution in [-0.4, -0.2) is 33.6 Å². The van der Waals surface area contributed by atoms with Crippen LogP contribution in [0.1, 0.15) is 78.1 Å². The summed E-state index contributed by atoms with van der Waals surface area (Å²) < 4.78 is 0. The van der Waals surface area contributed by atoms with Crippen LogP contribution in [-0.2, 0) is 0 Å². The molecule has 1 aliphatic rings. The number of aliphatic hydroxyl groups excluding tert-OH is 3. The van der Waals surface area contributed by atoms with Crippen LogP contribution in [0.15, 0.2) is 47.6 Å². The van der Waals surface area contributed by atoms with E-state index in [1.165, 1.54) is 24.0 Å². The third-order valence-corrected chi connectivity index (χ3v) is 4.80. The summed E-state index contributed by atoms with van der Waals surface area (Å²) in [6, 6.07) is 0. The van der Waals surface area contributed by atoms with Crippen molar-refractivity contribution in [3.8, 4) is 0 Å². The number of rotatable bonds is 12. The lowest BCUT2D eigenvalue weighted by atomic mass is 9.94. The van der Waals surface area contributed by atoms with Gasteiger partial charge in [0.2, 0.25) is 0 Å². The summed E-state index contributed by atoms with van der Waals surface area (Å²) in [4.78, 5) is 0. The summed E-state index contributed by atoms with van der Waals surface area (Å²) in [6.45, 7) is 4.24. The van der Waals surface area contributed by atoms with Gasteiger partial charge >= 0.3 is 0 Å². The average molecular weight is 363 g/mol. The van der Waals surface area contributed by atoms with Crippen molar-refractivity contribution in [2.45, 2.75) is 96.4 Å². The third-order valence-electron chi connectivity index (χ3n) is 4.80. The fourth-order valence-electron chi connectivity index (χ4n) is 3.08. The van der Waals surface area contributed by atoms with E-state index in [1.807, 2.05) is 18.2 Å². The molecule has 1 aliphatic carbocycles. The van der Waals surface area contributed by atoms with Gasteiger partial charge in [0.25, 0.3) is 0 Å². The lowest BCUT2D eigenvalue weighted by Gasteiger charge is -2.14. The maximum absolute atomic E-state index is 10.00. The minimum absolute atomic E-state index is 0.351. The molecule has 0 amide bonds. The van der Waals surface area contributed by atoms with E-state index in [9.17, 15) is 15.3 Å². The van der Waals surface area contributed by atoms with Crippen LogP contribution in [0.3, 0.4) is 0 Å². The molecule has 0 saturated carbocycles. The van der Waals surface area contributed by atoms with E-state index in [0.29, 0.717) is 6.42 Å². The van der Waals surface area contributed by atoms with Gasteiger partial charge in [-0.2, -0.15) is 0 Å². The molecule has 3 heteroatoms. The van der Waals surface area contributed by atoms with Crippen molar-refractivity contribution in [1.29, 1.82) is 0 Å². The number of allylic oxidation sites excluding steroid dienone is 6. The standard InChI is InChI=1S/C23H38O3/c1-3-5-7-13-21(24)17-16-20-11-8-10-19(18-20)12-9-15-23(26)22(25)14-6-4-2/h9,12,15-18,21-26H,3-8,10-11,13-14H2,1-2H3/b15-9+,17-16+,19-12-/t21-,22+,23-/m1/s1. The van der Waals surface area contributed by atoms with Crippen molar-refractivity contribution in [3.63, 3.8) is 0 Å². The Balaban J connectivity index is 2.52. The number of aliphatic hydroxyl groups is 3. The summed E-state index contributed by atoms with van der Waals surface area (Å²) in [5, 5.41) is 29.8. The van der Waals surface area contributed by atoms with Gasteiger partial charge in [0.05, 0.1) is 18.3 Å². The number of hydrogen-bond donors (Lipinski definition) is 3. The maximum atomic E-state index is 10.00. The van der Waals surface area contributed by atoms with E-state index in [-0.39, 0.29) is 6.10 Å². The minimum Gasteiger partial charge on any atom is -0.390 e. The van der Waals surface area contributed by atoms with Crippen LogP contribution in [0.4, 0.5) is 0 Å². The first-order chi connectivity index (χ1) is 12.6. The molecule has 0 saturated heterocycles. The summed E-state index contributed by atoms with van der Waals surface area (Å²) >= 11 is 0. The van der Waals surface area contributed by atoms with Crippen molar-refractivity contribution in [3.05, 3.63) is 47.6 Å². The largest absolute Gasteiger partial charge is 0.390 e. The smallest absolute Gasteiger partial charge is 0.0982 e. The second-order valence-corrected chi connectivity index (χ2v) is 7.32. The van der Waals surface area contributed by atoms with Gasteiger partial charge in [-0.1, -0.05) is 82.4 Å². The van der Waals surface area contributed by atoms with Gasteiger partial charge in [-0.05, 0) is 43.3 Å². The molecule has 0 bridgehead atoms. The second kappa shape index (κ2) is 14.0. The van der Waals surface area contributed by atoms with E-state index in [1.54, 1.807) is 6.08 Å². The summed E-state index contributed by atoms with van der Waals surface area (Å²) in [5.74, 6) is 0. The highest BCUT2D eigenvalue weighted by molar-refractivity contribution is 5.35. The van der Waals surface area contributed by atoms with Crippen molar-refractivity contribution >= 4 is 0 Å². The van der Waals surface area contributed by atoms with E-state index >= 15 is 0 Å². The van der Waals surface area contributed by atoms with Gasteiger partial charge in [-0.3, -0.25) is 0 Å². The Bertz CT molecular complexity index is 488. The molecule has 0 aromatic carbocycles. The third kappa shape index (κ3) is 10.1. The van der Waals surface area contributed by atoms with Gasteiger partial charge in [0, 0.05) is 0 Å². The fourth-order valence-corrected chi connectivity index (χ4v) is 3.08. The van der Waals surface area contributed by atoms with Gasteiger partial charge < -0.3 is 15.3 Å². The van der Waals surface area contributed by atoms with Gasteiger partial charge in [-0.25, -0.2) is 0 Å². The van der Waals surface area contributed by atoms with Crippen molar-refractivity contribution in [2.75, 3.05) is 0 Å². The molecule has 0 radical (unpaired) electrons. The molecular formula is C23H38O3. The average Bonchev–Trinajstić information content (AvgIpc) is 2.65. The number of unbranched alkanes of at least 4 members (excludes halogenated alkanes) is 3. The first-order valence-electron chi connectivity index (χ1n) is 10.4. The molecule has 0 aliphatic heterocycles. The van der Waals surface area contributed by atoms with Crippen LogP contribution < -0.4 is 0 Å². The minimum atomic E-state index is -0.802. The molecule has 148 valence electrons. The molecule has 0 fully saturated rings. The Hall–Kier alpha value is -1.16. The van der Waals surface area contributed by atoms with E-state index < -0.39 is 12.2 Å². The molecule has 3 atom stereocenters. The van der Waals surface area contributed by atoms with Crippen LogP contribution in [0.5, 0.6) is 0 Å². The van der Waals surface area contributed by atoms with Gasteiger partial charge in [-0.15, -0.1) is 0 Å². The second-order valence-electron chi connectivity index (χ2n) is 7.32. The van der Waals surface area contributed by atoms with Crippen LogP contribution in [0.2, 0.25) is 0 Å². The summed E-state index contributed by atoms with van der Waals surface area (Å²) in [6.07, 6.45) is 19.8. The Morgan fingerprint density at radius 2 is 1.73 bits per heavy atom. The van der Waals surface area contributed by atoms with E-state index in [2.05, 4.69) is 26.0 Å².